The number of rotatable bonds is 15. The second-order valence-corrected chi connectivity index (χ2v) is 50.4. The minimum Gasteiger partial charge on any atom is -0.448 e. The van der Waals surface area contributed by atoms with E-state index in [1.54, 1.807) is 16.7 Å². The van der Waals surface area contributed by atoms with Crippen molar-refractivity contribution in [1.29, 1.82) is 0 Å². The molecule has 15 atom stereocenters. The first-order chi connectivity index (χ1) is 57.9. The number of aliphatic hydroxyl groups is 7. The van der Waals surface area contributed by atoms with Gasteiger partial charge in [0.25, 0.3) is 0 Å². The zero-order valence-electron chi connectivity index (χ0n) is 76.7. The monoisotopic (exact) mass is 1790 g/mol. The van der Waals surface area contributed by atoms with Crippen molar-refractivity contribution in [2.24, 2.45) is 0 Å². The highest BCUT2D eigenvalue weighted by molar-refractivity contribution is 6.74. The maximum absolute atomic E-state index is 13.6. The molecule has 8 fully saturated rings. The Morgan fingerprint density at radius 2 is 0.696 bits per heavy atom. The van der Waals surface area contributed by atoms with Gasteiger partial charge in [-0.15, -0.1) is 12.4 Å². The fraction of sp³-hybridized carbons (Fsp3) is 0.594. The molecular formula is C96H136ClN5O21Si2. The summed E-state index contributed by atoms with van der Waals surface area (Å²) in [6.45, 7) is 45.9. The number of halogens is 1. The Morgan fingerprint density at radius 1 is 0.392 bits per heavy atom. The second kappa shape index (κ2) is 36.5. The quantitative estimate of drug-likeness (QED) is 0.0341. The van der Waals surface area contributed by atoms with Crippen molar-refractivity contribution in [3.05, 3.63) is 179 Å². The molecule has 26 nitrogen and oxygen atoms in total. The number of hydrogen-bond acceptors (Lipinski definition) is 23. The van der Waals surface area contributed by atoms with E-state index in [0.717, 1.165) is 28.8 Å². The second-order valence-electron chi connectivity index (χ2n) is 40.8. The van der Waals surface area contributed by atoms with Gasteiger partial charge in [-0.25, -0.2) is 14.4 Å². The average Bonchev–Trinajstić information content (AvgIpc) is 1.57. The third-order valence-corrected chi connectivity index (χ3v) is 36.8. The van der Waals surface area contributed by atoms with E-state index < -0.39 is 106 Å². The predicted octanol–water partition coefficient (Wildman–Crippen LogP) is 13.2. The molecule has 8 aliphatic heterocycles. The lowest BCUT2D eigenvalue weighted by Crippen LogP contribution is -2.49. The fourth-order valence-corrected chi connectivity index (χ4v) is 21.5. The van der Waals surface area contributed by atoms with Gasteiger partial charge in [0.05, 0.1) is 82.9 Å². The molecule has 11 aliphatic rings. The molecule has 8 heterocycles. The topological polar surface area (TPSA) is 328 Å². The first-order valence-electron chi connectivity index (χ1n) is 43.8. The van der Waals surface area contributed by atoms with E-state index in [4.69, 9.17) is 56.6 Å². The summed E-state index contributed by atoms with van der Waals surface area (Å²) in [4.78, 5) is 43.8. The van der Waals surface area contributed by atoms with E-state index >= 15 is 0 Å². The molecule has 9 N–H and O–H groups in total. The summed E-state index contributed by atoms with van der Waals surface area (Å²) in [5.41, 5.74) is 9.98. The average molecular weight is 1790 g/mol. The number of carbonyl (C=O) groups is 3. The number of benzene rings is 6. The number of nitrogens with one attached hydrogen (secondary N) is 2. The zero-order chi connectivity index (χ0) is 90.3. The fourth-order valence-electron chi connectivity index (χ4n) is 19.4. The van der Waals surface area contributed by atoms with E-state index in [0.29, 0.717) is 32.8 Å². The molecule has 0 radical (unpaired) electrons. The number of likely N-dealkylation sites (tertiary alicyclic amines) is 3. The van der Waals surface area contributed by atoms with E-state index in [1.165, 1.54) is 56.3 Å². The summed E-state index contributed by atoms with van der Waals surface area (Å²) in [5.74, 6) is -1.99. The first kappa shape index (κ1) is 97.2. The molecule has 17 rings (SSSR count). The Balaban J connectivity index is 0.000000148. The van der Waals surface area contributed by atoms with Gasteiger partial charge in [-0.05, 0) is 179 Å². The van der Waals surface area contributed by atoms with Crippen molar-refractivity contribution in [3.63, 3.8) is 0 Å². The largest absolute Gasteiger partial charge is 0.448 e. The molecule has 0 bridgehead atoms. The minimum atomic E-state index is -2.04. The first-order valence-corrected chi connectivity index (χ1v) is 49.6. The minimum absolute atomic E-state index is 0. The van der Waals surface area contributed by atoms with Crippen LogP contribution >= 0.6 is 12.4 Å². The van der Waals surface area contributed by atoms with Gasteiger partial charge in [0.15, 0.2) is 34.0 Å². The summed E-state index contributed by atoms with van der Waals surface area (Å²) < 4.78 is 67.2. The van der Waals surface area contributed by atoms with Crippen molar-refractivity contribution < 1.29 is 102 Å². The van der Waals surface area contributed by atoms with Gasteiger partial charge < -0.3 is 97.9 Å². The summed E-state index contributed by atoms with van der Waals surface area (Å²) in [6.07, 6.45) is -4.12. The number of carbonyl (C=O) groups excluding carboxylic acids is 3. The molecule has 0 unspecified atom stereocenters. The molecule has 6 aromatic rings. The van der Waals surface area contributed by atoms with Crippen LogP contribution in [-0.4, -0.2) is 277 Å². The van der Waals surface area contributed by atoms with Gasteiger partial charge in [-0.1, -0.05) is 187 Å². The SMILES string of the molecule is CC1(C)O[C@@H]2[C@@H](CO)N(C(=O)OCC3c4ccccc4-c4ccccc43)C[C@]2(C)O1.CC1(C)O[C@@H]2[C@@H](CO[Si](C)(C)C(C)(C)C)N(C(=O)OCC3c4ccccc4-c4ccccc43)C[C@]2(C)O1.CC1(C)O[C@@H]2[C@@H](CO[Si](C)(C)C(C)(C)C)NC[C@]2(C)O1.C[C@]1(O)CN(C(=O)OCC2c3ccccc3-c3ccccc32)[C@H](CO)[C@H]1O.C[C@]1(O)CN[C@H](CO)[C@H]1O.Cl. The summed E-state index contributed by atoms with van der Waals surface area (Å²) in [5, 5.41) is 73.6. The molecule has 686 valence electrons. The highest BCUT2D eigenvalue weighted by Gasteiger charge is 2.64. The summed E-state index contributed by atoms with van der Waals surface area (Å²) in [7, 11) is -3.75. The van der Waals surface area contributed by atoms with Crippen molar-refractivity contribution >= 4 is 47.3 Å². The Hall–Kier alpha value is -6.83. The van der Waals surface area contributed by atoms with Crippen LogP contribution in [0, 0.1) is 0 Å². The van der Waals surface area contributed by atoms with Crippen LogP contribution < -0.4 is 10.6 Å². The molecule has 29 heteroatoms. The lowest BCUT2D eigenvalue weighted by Gasteiger charge is -2.38. The van der Waals surface area contributed by atoms with E-state index in [2.05, 4.69) is 158 Å². The van der Waals surface area contributed by atoms with Crippen LogP contribution in [0.5, 0.6) is 0 Å². The van der Waals surface area contributed by atoms with Gasteiger partial charge in [0, 0.05) is 30.8 Å². The van der Waals surface area contributed by atoms with Crippen LogP contribution in [0.1, 0.15) is 169 Å². The van der Waals surface area contributed by atoms with Crippen molar-refractivity contribution in [3.8, 4) is 33.4 Å². The van der Waals surface area contributed by atoms with Gasteiger partial charge in [-0.2, -0.15) is 0 Å². The summed E-state index contributed by atoms with van der Waals surface area (Å²) in [6, 6.07) is 47.5. The number of aliphatic hydroxyl groups excluding tert-OH is 5. The molecule has 3 aliphatic carbocycles. The maximum atomic E-state index is 13.6. The molecule has 0 aromatic heterocycles. The molecule has 0 spiro atoms. The van der Waals surface area contributed by atoms with Crippen LogP contribution in [0.15, 0.2) is 146 Å². The molecular weight excluding hydrogens is 1650 g/mol. The maximum Gasteiger partial charge on any atom is 0.410 e. The van der Waals surface area contributed by atoms with Gasteiger partial charge in [0.1, 0.15) is 78.3 Å². The van der Waals surface area contributed by atoms with Crippen LogP contribution in [0.25, 0.3) is 33.4 Å². The van der Waals surface area contributed by atoms with Gasteiger partial charge in [0.2, 0.25) is 0 Å². The van der Waals surface area contributed by atoms with Gasteiger partial charge in [-0.3, -0.25) is 14.7 Å². The van der Waals surface area contributed by atoms with Crippen LogP contribution in [0.4, 0.5) is 14.4 Å². The Kier molecular flexibility index (Phi) is 28.4. The number of amides is 3. The highest BCUT2D eigenvalue weighted by atomic mass is 35.5. The van der Waals surface area contributed by atoms with Crippen LogP contribution in [0.3, 0.4) is 0 Å². The predicted molar refractivity (Wildman–Crippen MR) is 484 cm³/mol. The lowest BCUT2D eigenvalue weighted by atomic mass is 9.98. The molecule has 8 saturated heterocycles. The van der Waals surface area contributed by atoms with Crippen molar-refractivity contribution in [2.75, 3.05) is 85.6 Å². The number of hydrogen-bond donors (Lipinski definition) is 9. The van der Waals surface area contributed by atoms with Gasteiger partial charge >= 0.3 is 18.3 Å². The summed E-state index contributed by atoms with van der Waals surface area (Å²) >= 11 is 0. The Morgan fingerprint density at radius 3 is 1.02 bits per heavy atom. The van der Waals surface area contributed by atoms with E-state index in [1.807, 2.05) is 128 Å². The number of β-amino-alcohol motifs (C(OH)–C–C–N with tert-alkyl or cyclic N) is 2. The molecule has 125 heavy (non-hydrogen) atoms. The number of ether oxygens (including phenoxy) is 9. The lowest BCUT2D eigenvalue weighted by molar-refractivity contribution is -0.174. The van der Waals surface area contributed by atoms with Crippen LogP contribution in [-0.2, 0) is 51.5 Å². The normalized spacial score (nSPS) is 30.4. The van der Waals surface area contributed by atoms with Crippen LogP contribution in [0.2, 0.25) is 36.3 Å². The third kappa shape index (κ3) is 19.8. The van der Waals surface area contributed by atoms with Crippen molar-refractivity contribution in [2.45, 2.75) is 278 Å². The van der Waals surface area contributed by atoms with E-state index in [9.17, 15) is 45.0 Å². The zero-order valence-corrected chi connectivity index (χ0v) is 79.5. The Bertz CT molecular complexity index is 4670. The highest BCUT2D eigenvalue weighted by Crippen LogP contribution is 2.52. The Labute approximate surface area is 745 Å². The third-order valence-electron chi connectivity index (χ3n) is 27.8. The van der Waals surface area contributed by atoms with E-state index in [-0.39, 0.29) is 122 Å². The molecule has 6 aromatic carbocycles. The van der Waals surface area contributed by atoms with Crippen molar-refractivity contribution in [1.82, 2.24) is 25.3 Å². The number of fused-ring (bicyclic) bond motifs is 12. The molecule has 0 saturated carbocycles. The smallest absolute Gasteiger partial charge is 0.410 e. The number of nitrogens with zero attached hydrogens (tertiary/aromatic N) is 3. The standard InChI is InChI=1S/C30H41NO5Si.C24H27NO5.C21H23NO5.C15H31NO3Si.C6H13NO3.ClH/c1-28(2,3)37(7,8)34-18-25-26-30(6,36-29(4,5)35-26)19-31(25)27(32)33-17-24-22-15-11-9-13-20(22)21-14-10-12-16-23(21)24;1-23(2)29-21-20(12-26)25(14-24(21,3)30-23)22(27)28-13-19-17-10-6-4-8-15(17)16-9-5-7-11-18(16)19;1-21(26)12-22(18(10-23)19(21)24)20(25)27-11-17-15-8-4-2-6-13(15)14-7-3-5-9-16(14)17;1-13(2,3)20(7,8)17-9-11-12-15(6,10-16-11)19-14(4,5)18-12;1-6(10)3-7-4(2-8)5(6)9;/h9-16,24-26H,17-19H2,1-8H3;4-11,19-21,26H,12-14H2,1-3H3;2-9,17-19,23-24,26H,10-12H2,1H3;11-12,16H,9-10H2,1-8H3;4-5,7-10H,2-3H2,1H3;1H/t25-,26-,30+;20-,21-,24+;18-,19-,21+;11-,12-,15+;4-,5-,6+;/m11111./s1. The molecule has 3 amide bonds.